The minimum atomic E-state index is -0.518. The molecule has 1 atom stereocenters. The smallest absolute Gasteiger partial charge is 0.325 e. The van der Waals surface area contributed by atoms with Crippen LogP contribution in [0, 0.1) is 12.7 Å². The molecule has 0 bridgehead atoms. The maximum absolute atomic E-state index is 13.6. The van der Waals surface area contributed by atoms with E-state index < -0.39 is 5.25 Å². The Hall–Kier alpha value is -2.87. The molecule has 3 aromatic rings. The molecule has 0 aliphatic carbocycles. The van der Waals surface area contributed by atoms with Gasteiger partial charge in [0, 0.05) is 12.2 Å². The van der Waals surface area contributed by atoms with Crippen molar-refractivity contribution in [1.82, 2.24) is 14.8 Å². The summed E-state index contributed by atoms with van der Waals surface area (Å²) in [7, 11) is 0. The van der Waals surface area contributed by atoms with Crippen LogP contribution in [0.4, 0.5) is 10.1 Å². The third-order valence-electron chi connectivity index (χ3n) is 4.28. The molecule has 2 aromatic carbocycles. The van der Waals surface area contributed by atoms with E-state index >= 15 is 0 Å². The molecule has 0 aliphatic rings. The third-order valence-corrected chi connectivity index (χ3v) is 5.37. The molecule has 0 unspecified atom stereocenters. The monoisotopic (exact) mass is 400 g/mol. The van der Waals surface area contributed by atoms with Gasteiger partial charge in [-0.1, -0.05) is 48.2 Å². The zero-order chi connectivity index (χ0) is 20.1. The molecule has 146 valence electrons. The molecule has 6 nitrogen and oxygen atoms in total. The SMILES string of the molecule is Cc1ccc(NC(=O)[C@H](C)Sc2n[nH]c(=O)n2CCc2ccccc2)cc1F. The Bertz CT molecular complexity index is 1020. The maximum atomic E-state index is 13.6. The first kappa shape index (κ1) is 19.9. The van der Waals surface area contributed by atoms with Crippen molar-refractivity contribution in [3.63, 3.8) is 0 Å². The molecule has 8 heteroatoms. The first-order chi connectivity index (χ1) is 13.4. The lowest BCUT2D eigenvalue weighted by molar-refractivity contribution is -0.115. The van der Waals surface area contributed by atoms with Crippen LogP contribution in [-0.4, -0.2) is 25.9 Å². The Morgan fingerprint density at radius 2 is 2.04 bits per heavy atom. The summed E-state index contributed by atoms with van der Waals surface area (Å²) in [6.07, 6.45) is 0.678. The van der Waals surface area contributed by atoms with Gasteiger partial charge in [0.2, 0.25) is 5.91 Å². The molecule has 1 heterocycles. The molecule has 2 N–H and O–H groups in total. The number of aromatic nitrogens is 3. The fraction of sp³-hybridized carbons (Fsp3) is 0.250. The first-order valence-electron chi connectivity index (χ1n) is 8.87. The Balaban J connectivity index is 1.65. The van der Waals surface area contributed by atoms with Crippen LogP contribution in [0.1, 0.15) is 18.1 Å². The average Bonchev–Trinajstić information content (AvgIpc) is 3.03. The van der Waals surface area contributed by atoms with Crippen molar-refractivity contribution in [3.05, 3.63) is 76.0 Å². The number of amides is 1. The van der Waals surface area contributed by atoms with E-state index in [0.717, 1.165) is 5.56 Å². The summed E-state index contributed by atoms with van der Waals surface area (Å²) in [5, 5.41) is 9.08. The van der Waals surface area contributed by atoms with E-state index in [2.05, 4.69) is 15.5 Å². The number of nitrogens with one attached hydrogen (secondary N) is 2. The lowest BCUT2D eigenvalue weighted by Gasteiger charge is -2.12. The maximum Gasteiger partial charge on any atom is 0.343 e. The summed E-state index contributed by atoms with van der Waals surface area (Å²) >= 11 is 1.18. The molecule has 0 saturated carbocycles. The number of aromatic amines is 1. The van der Waals surface area contributed by atoms with E-state index in [9.17, 15) is 14.0 Å². The molecule has 3 rings (SSSR count). The van der Waals surface area contributed by atoms with Crippen LogP contribution in [0.2, 0.25) is 0 Å². The lowest BCUT2D eigenvalue weighted by Crippen LogP contribution is -2.24. The van der Waals surface area contributed by atoms with Gasteiger partial charge in [0.15, 0.2) is 5.16 Å². The lowest BCUT2D eigenvalue weighted by atomic mass is 10.1. The van der Waals surface area contributed by atoms with Gasteiger partial charge in [-0.25, -0.2) is 14.3 Å². The van der Waals surface area contributed by atoms with Gasteiger partial charge in [-0.05, 0) is 43.5 Å². The summed E-state index contributed by atoms with van der Waals surface area (Å²) in [5.41, 5.74) is 1.70. The molecule has 1 aromatic heterocycles. The molecule has 0 fully saturated rings. The molecule has 0 spiro atoms. The summed E-state index contributed by atoms with van der Waals surface area (Å²) in [4.78, 5) is 24.5. The number of hydrogen-bond donors (Lipinski definition) is 2. The number of carbonyl (C=O) groups is 1. The van der Waals surface area contributed by atoms with Gasteiger partial charge >= 0.3 is 5.69 Å². The zero-order valence-electron chi connectivity index (χ0n) is 15.6. The second kappa shape index (κ2) is 8.88. The normalized spacial score (nSPS) is 12.0. The van der Waals surface area contributed by atoms with Crippen molar-refractivity contribution in [1.29, 1.82) is 0 Å². The summed E-state index contributed by atoms with van der Waals surface area (Å²) in [6, 6.07) is 14.4. The van der Waals surface area contributed by atoms with Crippen molar-refractivity contribution in [2.24, 2.45) is 0 Å². The Morgan fingerprint density at radius 3 is 2.75 bits per heavy atom. The highest BCUT2D eigenvalue weighted by molar-refractivity contribution is 8.00. The van der Waals surface area contributed by atoms with Gasteiger partial charge in [0.1, 0.15) is 5.82 Å². The van der Waals surface area contributed by atoms with Gasteiger partial charge < -0.3 is 5.32 Å². The number of benzene rings is 2. The van der Waals surface area contributed by atoms with E-state index in [0.29, 0.717) is 29.4 Å². The predicted molar refractivity (Wildman–Crippen MR) is 108 cm³/mol. The van der Waals surface area contributed by atoms with Crippen LogP contribution >= 0.6 is 11.8 Å². The summed E-state index contributed by atoms with van der Waals surface area (Å²) < 4.78 is 15.2. The minimum Gasteiger partial charge on any atom is -0.325 e. The van der Waals surface area contributed by atoms with E-state index in [1.165, 1.54) is 22.4 Å². The second-order valence-corrected chi connectivity index (χ2v) is 7.72. The third kappa shape index (κ3) is 4.89. The molecular weight excluding hydrogens is 379 g/mol. The number of H-pyrrole nitrogens is 1. The van der Waals surface area contributed by atoms with Crippen LogP contribution in [0.15, 0.2) is 58.5 Å². The topological polar surface area (TPSA) is 79.8 Å². The van der Waals surface area contributed by atoms with Gasteiger partial charge in [-0.2, -0.15) is 0 Å². The van der Waals surface area contributed by atoms with Crippen LogP contribution in [0.5, 0.6) is 0 Å². The van der Waals surface area contributed by atoms with Crippen LogP contribution < -0.4 is 11.0 Å². The summed E-state index contributed by atoms with van der Waals surface area (Å²) in [6.45, 7) is 3.83. The number of anilines is 1. The second-order valence-electron chi connectivity index (χ2n) is 6.41. The largest absolute Gasteiger partial charge is 0.343 e. The van der Waals surface area contributed by atoms with Crippen LogP contribution in [-0.2, 0) is 17.8 Å². The van der Waals surface area contributed by atoms with Crippen molar-refractivity contribution in [2.75, 3.05) is 5.32 Å². The molecule has 0 radical (unpaired) electrons. The highest BCUT2D eigenvalue weighted by Gasteiger charge is 2.19. The average molecular weight is 400 g/mol. The highest BCUT2D eigenvalue weighted by Crippen LogP contribution is 2.22. The van der Waals surface area contributed by atoms with Crippen molar-refractivity contribution < 1.29 is 9.18 Å². The van der Waals surface area contributed by atoms with Gasteiger partial charge in [0.05, 0.1) is 5.25 Å². The number of rotatable bonds is 7. The highest BCUT2D eigenvalue weighted by atomic mass is 32.2. The fourth-order valence-electron chi connectivity index (χ4n) is 2.60. The molecule has 0 saturated heterocycles. The van der Waals surface area contributed by atoms with Crippen LogP contribution in [0.3, 0.4) is 0 Å². The number of aryl methyl sites for hydroxylation is 2. The van der Waals surface area contributed by atoms with Gasteiger partial charge in [-0.3, -0.25) is 9.36 Å². The van der Waals surface area contributed by atoms with E-state index in [1.54, 1.807) is 26.0 Å². The van der Waals surface area contributed by atoms with Gasteiger partial charge in [-0.15, -0.1) is 5.10 Å². The van der Waals surface area contributed by atoms with Crippen molar-refractivity contribution >= 4 is 23.4 Å². The first-order valence-corrected chi connectivity index (χ1v) is 9.75. The number of thioether (sulfide) groups is 1. The van der Waals surface area contributed by atoms with Gasteiger partial charge in [0.25, 0.3) is 0 Å². The van der Waals surface area contributed by atoms with Crippen LogP contribution in [0.25, 0.3) is 0 Å². The Kier molecular flexibility index (Phi) is 6.30. The van der Waals surface area contributed by atoms with E-state index in [-0.39, 0.29) is 17.4 Å². The molecule has 1 amide bonds. The Labute approximate surface area is 166 Å². The van der Waals surface area contributed by atoms with Crippen molar-refractivity contribution in [2.45, 2.75) is 37.2 Å². The molecule has 28 heavy (non-hydrogen) atoms. The van der Waals surface area contributed by atoms with E-state index in [4.69, 9.17) is 0 Å². The summed E-state index contributed by atoms with van der Waals surface area (Å²) in [5.74, 6) is -0.668. The Morgan fingerprint density at radius 1 is 1.29 bits per heavy atom. The molecular formula is C20H21FN4O2S. The number of halogens is 1. The number of hydrogen-bond acceptors (Lipinski definition) is 4. The standard InChI is InChI=1S/C20H21FN4O2S/c1-13-8-9-16(12-17(13)21)22-18(26)14(2)28-20-24-23-19(27)25(20)11-10-15-6-4-3-5-7-15/h3-9,12,14H,10-11H2,1-2H3,(H,22,26)(H,23,27)/t14-/m0/s1. The molecule has 0 aliphatic heterocycles. The minimum absolute atomic E-state index is 0.293. The van der Waals surface area contributed by atoms with E-state index in [1.807, 2.05) is 30.3 Å². The number of carbonyl (C=O) groups excluding carboxylic acids is 1. The quantitative estimate of drug-likeness (QED) is 0.596. The number of nitrogens with zero attached hydrogens (tertiary/aromatic N) is 2. The fourth-order valence-corrected chi connectivity index (χ4v) is 3.48. The predicted octanol–water partition coefficient (Wildman–Crippen LogP) is 3.38. The zero-order valence-corrected chi connectivity index (χ0v) is 16.4. The van der Waals surface area contributed by atoms with Crippen molar-refractivity contribution in [3.8, 4) is 0 Å².